The average Bonchev–Trinajstić information content (AvgIpc) is 2.96. The molecule has 0 aliphatic heterocycles. The van der Waals surface area contributed by atoms with E-state index in [2.05, 4.69) is 10.1 Å². The maximum absolute atomic E-state index is 12.5. The number of aryl methyl sites for hydroxylation is 1. The van der Waals surface area contributed by atoms with Crippen LogP contribution in [0.3, 0.4) is 0 Å². The third-order valence-corrected chi connectivity index (χ3v) is 3.62. The molecule has 1 aromatic carbocycles. The largest absolute Gasteiger partial charge is 0.449 e. The van der Waals surface area contributed by atoms with Crippen molar-refractivity contribution in [2.24, 2.45) is 5.92 Å². The molecule has 6 nitrogen and oxygen atoms in total. The van der Waals surface area contributed by atoms with Crippen molar-refractivity contribution >= 4 is 6.09 Å². The van der Waals surface area contributed by atoms with Gasteiger partial charge in [-0.15, -0.1) is 0 Å². The molecule has 136 valence electrons. The third kappa shape index (κ3) is 5.31. The lowest BCUT2D eigenvalue weighted by Gasteiger charge is -2.35. The molecule has 2 aromatic rings. The molecule has 25 heavy (non-hydrogen) atoms. The van der Waals surface area contributed by atoms with Gasteiger partial charge in [0.2, 0.25) is 11.7 Å². The van der Waals surface area contributed by atoms with Gasteiger partial charge in [0.05, 0.1) is 6.61 Å². The lowest BCUT2D eigenvalue weighted by molar-refractivity contribution is 0.0565. The smallest absolute Gasteiger partial charge is 0.410 e. The van der Waals surface area contributed by atoms with Crippen LogP contribution >= 0.6 is 0 Å². The highest BCUT2D eigenvalue weighted by Gasteiger charge is 2.28. The first-order valence-corrected chi connectivity index (χ1v) is 8.51. The number of carbonyl (C=O) groups excluding carboxylic acids is 1. The number of nitrogens with zero attached hydrogens (tertiary/aromatic N) is 3. The third-order valence-electron chi connectivity index (χ3n) is 3.62. The monoisotopic (exact) mass is 345 g/mol. The minimum absolute atomic E-state index is 0.301. The van der Waals surface area contributed by atoms with E-state index in [1.54, 1.807) is 11.8 Å². The number of rotatable bonds is 5. The molecular formula is C19H27N3O3. The Kier molecular flexibility index (Phi) is 5.82. The molecule has 0 aliphatic carbocycles. The zero-order chi connectivity index (χ0) is 18.6. The Morgan fingerprint density at radius 1 is 1.32 bits per heavy atom. The number of ether oxygens (including phenoxy) is 1. The van der Waals surface area contributed by atoms with Crippen LogP contribution in [0.15, 0.2) is 28.8 Å². The Morgan fingerprint density at radius 3 is 2.60 bits per heavy atom. The second-order valence-corrected chi connectivity index (χ2v) is 7.57. The van der Waals surface area contributed by atoms with Gasteiger partial charge in [0.25, 0.3) is 0 Å². The molecule has 2 rings (SSSR count). The fraction of sp³-hybridized carbons (Fsp3) is 0.526. The van der Waals surface area contributed by atoms with Gasteiger partial charge in [-0.05, 0) is 38.3 Å². The standard InChI is InChI=1S/C19H27N3O3/c1-13(2)12-24-18(23)22(19(4,5)6)11-15-8-7-9-16(10-15)17-20-14(3)25-21-17/h7-10,13H,11-12H2,1-6H3. The van der Waals surface area contributed by atoms with Crippen LogP contribution in [0.4, 0.5) is 4.79 Å². The van der Waals surface area contributed by atoms with E-state index >= 15 is 0 Å². The predicted molar refractivity (Wildman–Crippen MR) is 96.0 cm³/mol. The number of hydrogen-bond acceptors (Lipinski definition) is 5. The fourth-order valence-corrected chi connectivity index (χ4v) is 2.30. The van der Waals surface area contributed by atoms with Crippen LogP contribution in [0.2, 0.25) is 0 Å². The molecule has 0 saturated heterocycles. The molecular weight excluding hydrogens is 318 g/mol. The number of amides is 1. The van der Waals surface area contributed by atoms with Crippen LogP contribution in [0.25, 0.3) is 11.4 Å². The molecule has 0 radical (unpaired) electrons. The van der Waals surface area contributed by atoms with Crippen molar-refractivity contribution in [2.75, 3.05) is 6.61 Å². The molecule has 1 aromatic heterocycles. The predicted octanol–water partition coefficient (Wildman–Crippen LogP) is 4.44. The first-order valence-electron chi connectivity index (χ1n) is 8.51. The number of carbonyl (C=O) groups is 1. The van der Waals surface area contributed by atoms with Gasteiger partial charge in [-0.3, -0.25) is 4.90 Å². The number of benzene rings is 1. The SMILES string of the molecule is Cc1nc(-c2cccc(CN(C(=O)OCC(C)C)C(C)(C)C)c2)no1. The maximum atomic E-state index is 12.5. The van der Waals surface area contributed by atoms with Crippen molar-refractivity contribution in [3.8, 4) is 11.4 Å². The van der Waals surface area contributed by atoms with Gasteiger partial charge in [-0.2, -0.15) is 4.98 Å². The second-order valence-electron chi connectivity index (χ2n) is 7.57. The summed E-state index contributed by atoms with van der Waals surface area (Å²) in [6, 6.07) is 7.80. The van der Waals surface area contributed by atoms with Gasteiger partial charge >= 0.3 is 6.09 Å². The van der Waals surface area contributed by atoms with Crippen molar-refractivity contribution in [1.29, 1.82) is 0 Å². The van der Waals surface area contributed by atoms with Crippen LogP contribution in [-0.4, -0.2) is 33.3 Å². The zero-order valence-electron chi connectivity index (χ0n) is 15.9. The molecule has 1 heterocycles. The fourth-order valence-electron chi connectivity index (χ4n) is 2.30. The summed E-state index contributed by atoms with van der Waals surface area (Å²) in [4.78, 5) is 18.5. The highest BCUT2D eigenvalue weighted by atomic mass is 16.6. The lowest BCUT2D eigenvalue weighted by atomic mass is 10.0. The van der Waals surface area contributed by atoms with E-state index in [0.717, 1.165) is 11.1 Å². The Morgan fingerprint density at radius 2 is 2.04 bits per heavy atom. The van der Waals surface area contributed by atoms with Crippen molar-refractivity contribution in [3.63, 3.8) is 0 Å². The van der Waals surface area contributed by atoms with Crippen molar-refractivity contribution in [3.05, 3.63) is 35.7 Å². The van der Waals surface area contributed by atoms with Crippen LogP contribution < -0.4 is 0 Å². The summed E-state index contributed by atoms with van der Waals surface area (Å²) in [5.74, 6) is 1.37. The van der Waals surface area contributed by atoms with E-state index in [-0.39, 0.29) is 11.6 Å². The van der Waals surface area contributed by atoms with Crippen LogP contribution in [0.1, 0.15) is 46.1 Å². The summed E-state index contributed by atoms with van der Waals surface area (Å²) in [6.45, 7) is 12.6. The van der Waals surface area contributed by atoms with Gasteiger partial charge in [0.1, 0.15) is 0 Å². The molecule has 0 atom stereocenters. The first-order chi connectivity index (χ1) is 11.7. The second kappa shape index (κ2) is 7.68. The molecule has 0 spiro atoms. The summed E-state index contributed by atoms with van der Waals surface area (Å²) in [7, 11) is 0. The van der Waals surface area contributed by atoms with Gasteiger partial charge in [-0.25, -0.2) is 4.79 Å². The van der Waals surface area contributed by atoms with Gasteiger partial charge in [0, 0.05) is 24.6 Å². The first kappa shape index (κ1) is 19.0. The quantitative estimate of drug-likeness (QED) is 0.801. The molecule has 1 amide bonds. The summed E-state index contributed by atoms with van der Waals surface area (Å²) >= 11 is 0. The van der Waals surface area contributed by atoms with E-state index in [1.807, 2.05) is 58.9 Å². The summed E-state index contributed by atoms with van der Waals surface area (Å²) in [5, 5.41) is 3.95. The van der Waals surface area contributed by atoms with Crippen molar-refractivity contribution < 1.29 is 14.1 Å². The van der Waals surface area contributed by atoms with E-state index in [0.29, 0.717) is 30.8 Å². The van der Waals surface area contributed by atoms with Gasteiger partial charge < -0.3 is 9.26 Å². The van der Waals surface area contributed by atoms with Crippen LogP contribution in [0, 0.1) is 12.8 Å². The Balaban J connectivity index is 2.20. The van der Waals surface area contributed by atoms with E-state index < -0.39 is 0 Å². The van der Waals surface area contributed by atoms with Crippen LogP contribution in [-0.2, 0) is 11.3 Å². The molecule has 0 unspecified atom stereocenters. The minimum Gasteiger partial charge on any atom is -0.449 e. The average molecular weight is 345 g/mol. The van der Waals surface area contributed by atoms with Crippen molar-refractivity contribution in [1.82, 2.24) is 15.0 Å². The van der Waals surface area contributed by atoms with Crippen molar-refractivity contribution in [2.45, 2.75) is 53.6 Å². The van der Waals surface area contributed by atoms with E-state index in [9.17, 15) is 4.79 Å². The summed E-state index contributed by atoms with van der Waals surface area (Å²) in [6.07, 6.45) is -0.304. The normalized spacial score (nSPS) is 11.6. The number of aromatic nitrogens is 2. The molecule has 0 N–H and O–H groups in total. The molecule has 0 aliphatic rings. The van der Waals surface area contributed by atoms with Crippen LogP contribution in [0.5, 0.6) is 0 Å². The maximum Gasteiger partial charge on any atom is 0.410 e. The topological polar surface area (TPSA) is 68.5 Å². The highest BCUT2D eigenvalue weighted by molar-refractivity contribution is 5.68. The van der Waals surface area contributed by atoms with E-state index in [4.69, 9.17) is 9.26 Å². The molecule has 0 saturated carbocycles. The Bertz CT molecular complexity index is 717. The molecule has 0 bridgehead atoms. The summed E-state index contributed by atoms with van der Waals surface area (Å²) in [5.41, 5.74) is 1.49. The Hall–Kier alpha value is -2.37. The number of hydrogen-bond donors (Lipinski definition) is 0. The molecule has 0 fully saturated rings. The lowest BCUT2D eigenvalue weighted by Crippen LogP contribution is -2.45. The zero-order valence-corrected chi connectivity index (χ0v) is 15.9. The van der Waals surface area contributed by atoms with Gasteiger partial charge in [-0.1, -0.05) is 37.2 Å². The highest BCUT2D eigenvalue weighted by Crippen LogP contribution is 2.22. The molecule has 6 heteroatoms. The Labute approximate surface area is 149 Å². The summed E-state index contributed by atoms with van der Waals surface area (Å²) < 4.78 is 10.5. The van der Waals surface area contributed by atoms with Gasteiger partial charge in [0.15, 0.2) is 0 Å². The minimum atomic E-state index is -0.354. The van der Waals surface area contributed by atoms with E-state index in [1.165, 1.54) is 0 Å².